The van der Waals surface area contributed by atoms with E-state index in [1.54, 1.807) is 81.4 Å². The number of hydrogen-bond acceptors (Lipinski definition) is 16. The maximum Gasteiger partial charge on any atom is 0.369 e. The van der Waals surface area contributed by atoms with Crippen molar-refractivity contribution in [3.63, 3.8) is 0 Å². The molecular formula is C66H67N2O19-. The molecule has 456 valence electrons. The molecule has 0 radical (unpaired) electrons. The van der Waals surface area contributed by atoms with Crippen LogP contribution in [0.1, 0.15) is 125 Å². The van der Waals surface area contributed by atoms with Crippen molar-refractivity contribution in [3.05, 3.63) is 153 Å². The van der Waals surface area contributed by atoms with E-state index in [-0.39, 0.29) is 87.6 Å². The van der Waals surface area contributed by atoms with Crippen LogP contribution in [0.25, 0.3) is 66.8 Å². The number of carboxylic acid groups (broad SMARTS) is 3. The highest BCUT2D eigenvalue weighted by Gasteiger charge is 2.40. The van der Waals surface area contributed by atoms with Crippen LogP contribution in [0, 0.1) is 0 Å². The van der Waals surface area contributed by atoms with Gasteiger partial charge in [-0.05, 0) is 113 Å². The smallest absolute Gasteiger partial charge is 0.369 e. The lowest BCUT2D eigenvalue weighted by molar-refractivity contribution is -0.447. The third-order valence-corrected chi connectivity index (χ3v) is 14.0. The largest absolute Gasteiger partial charge is 0.872 e. The zero-order chi connectivity index (χ0) is 63.5. The molecule has 0 aromatic heterocycles. The van der Waals surface area contributed by atoms with Gasteiger partial charge in [0.05, 0.1) is 11.1 Å². The Balaban J connectivity index is 0.000000184. The van der Waals surface area contributed by atoms with Gasteiger partial charge in [0.15, 0.2) is 23.0 Å². The average Bonchev–Trinajstić information content (AvgIpc) is 0.890. The number of quaternary nitrogens is 1. The third-order valence-electron chi connectivity index (χ3n) is 14.0. The number of carboxylic acids is 3. The predicted molar refractivity (Wildman–Crippen MR) is 316 cm³/mol. The number of unbranched alkanes of at least 4 members (excludes halogenated alkanes) is 6. The highest BCUT2D eigenvalue weighted by atomic mass is 16.6. The Morgan fingerprint density at radius 3 is 1.26 bits per heavy atom. The molecule has 2 saturated heterocycles. The number of hydrogen-bond donors (Lipinski definition) is 5. The van der Waals surface area contributed by atoms with Gasteiger partial charge in [0.2, 0.25) is 11.9 Å². The number of aromatic carboxylic acids is 2. The number of carbonyl (C=O) groups is 8. The van der Waals surface area contributed by atoms with E-state index in [1.807, 2.05) is 6.92 Å². The van der Waals surface area contributed by atoms with Crippen LogP contribution in [-0.2, 0) is 38.2 Å². The summed E-state index contributed by atoms with van der Waals surface area (Å²) >= 11 is 0. The second-order valence-electron chi connectivity index (χ2n) is 20.8. The van der Waals surface area contributed by atoms with Crippen molar-refractivity contribution in [1.82, 2.24) is 5.32 Å². The summed E-state index contributed by atoms with van der Waals surface area (Å²) in [6.45, 7) is 6.76. The zero-order valence-electron chi connectivity index (χ0n) is 48.4. The highest BCUT2D eigenvalue weighted by molar-refractivity contribution is 6.09. The molecule has 7 N–H and O–H groups in total. The first-order valence-electron chi connectivity index (χ1n) is 28.2. The Bertz CT molecular complexity index is 3660. The minimum atomic E-state index is -1.06. The number of carbonyl (C=O) groups excluding carboxylic acids is 5. The third kappa shape index (κ3) is 18.5. The zero-order valence-corrected chi connectivity index (χ0v) is 48.4. The van der Waals surface area contributed by atoms with E-state index < -0.39 is 23.9 Å². The van der Waals surface area contributed by atoms with Crippen molar-refractivity contribution >= 4 is 69.3 Å². The SMILES string of the molecule is CC(=O)CCCCCCC(=O)NC1C(=O)OC1C.CC(=O)CCCCCCC(=O)O.CC1OC(=O)C1[NH3+].O=C(O)c1ccccc1-c1c2ccc(=O)cc-2oc2cc([O-])ccc12.O=C(O)c1ccccc1-c1c2ccc(=O)cc-2oc2cc([O-])ccc12. The summed E-state index contributed by atoms with van der Waals surface area (Å²) in [5, 5.41) is 54.6. The summed E-state index contributed by atoms with van der Waals surface area (Å²) in [5.41, 5.74) is 7.41. The Morgan fingerprint density at radius 1 is 0.494 bits per heavy atom. The van der Waals surface area contributed by atoms with E-state index in [9.17, 15) is 68.4 Å². The van der Waals surface area contributed by atoms with Crippen molar-refractivity contribution in [2.45, 2.75) is 129 Å². The fourth-order valence-electron chi connectivity index (χ4n) is 9.41. The van der Waals surface area contributed by atoms with E-state index >= 15 is 0 Å². The van der Waals surface area contributed by atoms with E-state index in [0.717, 1.165) is 51.4 Å². The molecule has 21 heteroatoms. The van der Waals surface area contributed by atoms with Crippen LogP contribution in [0.2, 0.25) is 0 Å². The van der Waals surface area contributed by atoms with Crippen LogP contribution in [0.3, 0.4) is 0 Å². The van der Waals surface area contributed by atoms with Crippen molar-refractivity contribution in [2.24, 2.45) is 0 Å². The van der Waals surface area contributed by atoms with Gasteiger partial charge in [-0.2, -0.15) is 0 Å². The first-order valence-corrected chi connectivity index (χ1v) is 28.2. The number of ether oxygens (including phenoxy) is 2. The van der Waals surface area contributed by atoms with Crippen LogP contribution < -0.4 is 32.1 Å². The lowest BCUT2D eigenvalue weighted by atomic mass is 9.91. The van der Waals surface area contributed by atoms with E-state index in [4.69, 9.17) is 18.7 Å². The van der Waals surface area contributed by atoms with E-state index in [2.05, 4.69) is 15.8 Å². The maximum atomic E-state index is 11.7. The highest BCUT2D eigenvalue weighted by Crippen LogP contribution is 2.43. The molecule has 0 spiro atoms. The molecule has 0 bridgehead atoms. The molecule has 4 heterocycles. The van der Waals surface area contributed by atoms with Gasteiger partial charge < -0.3 is 64.5 Å². The molecule has 4 aromatic rings. The van der Waals surface area contributed by atoms with Gasteiger partial charge in [0.1, 0.15) is 40.4 Å². The predicted octanol–water partition coefficient (Wildman–Crippen LogP) is 8.56. The van der Waals surface area contributed by atoms with Gasteiger partial charge in [-0.15, -0.1) is 11.5 Å². The summed E-state index contributed by atoms with van der Waals surface area (Å²) in [6.07, 6.45) is 8.86. The van der Waals surface area contributed by atoms with Gasteiger partial charge in [-0.1, -0.05) is 86.3 Å². The lowest BCUT2D eigenvalue weighted by Gasteiger charge is -2.32. The fourth-order valence-corrected chi connectivity index (χ4v) is 9.41. The fraction of sp³-hybridized carbons (Fsp3) is 0.303. The van der Waals surface area contributed by atoms with Gasteiger partial charge in [-0.25, -0.2) is 19.2 Å². The maximum absolute atomic E-state index is 11.7. The molecule has 0 saturated carbocycles. The van der Waals surface area contributed by atoms with Crippen molar-refractivity contribution in [1.29, 1.82) is 0 Å². The van der Waals surface area contributed by atoms with E-state index in [0.29, 0.717) is 86.1 Å². The standard InChI is InChI=1S/2C20H12O5.C13H21NO4.C9H16O3.C4H7NO2/c2*21-11-5-7-15-17(9-11)25-18-10-12(22)6-8-16(18)19(15)13-3-1-2-4-14(13)20(23)24;1-9(15)7-5-3-4-6-8-11(16)14-12-10(2)18-13(12)17;1-8(10)6-4-2-3-5-7-9(11)12;1-2-3(5)4(6)7-2/h2*1-10,21H,(H,23,24);10,12H,3-8H2,1-2H3,(H,14,16);2-7H2,1H3,(H,11,12);2-3H,5H2,1H3/p-1. The van der Waals surface area contributed by atoms with Crippen LogP contribution >= 0.6 is 0 Å². The Labute approximate surface area is 499 Å². The number of nitrogens with one attached hydrogen (secondary N) is 1. The molecule has 6 aliphatic rings. The van der Waals surface area contributed by atoms with Crippen LogP contribution in [0.5, 0.6) is 11.5 Å². The summed E-state index contributed by atoms with van der Waals surface area (Å²) in [6, 6.07) is 30.0. The van der Waals surface area contributed by atoms with Crippen LogP contribution in [-0.4, -0.2) is 86.9 Å². The molecule has 4 aromatic carbocycles. The number of benzene rings is 6. The van der Waals surface area contributed by atoms with Gasteiger partial charge in [0, 0.05) is 70.8 Å². The second-order valence-corrected chi connectivity index (χ2v) is 20.8. The number of ketones is 2. The van der Waals surface area contributed by atoms with Crippen molar-refractivity contribution in [3.8, 4) is 56.4 Å². The van der Waals surface area contributed by atoms with E-state index in [1.165, 1.54) is 60.7 Å². The Morgan fingerprint density at radius 2 is 0.908 bits per heavy atom. The number of fused-ring (bicyclic) bond motifs is 4. The summed E-state index contributed by atoms with van der Waals surface area (Å²) in [4.78, 5) is 111. The minimum absolute atomic E-state index is 0.0486. The Kier molecular flexibility index (Phi) is 23.7. The molecule has 10 rings (SSSR count). The number of rotatable bonds is 19. The molecule has 2 aliphatic carbocycles. The number of esters is 2. The van der Waals surface area contributed by atoms with Gasteiger partial charge >= 0.3 is 29.8 Å². The quantitative estimate of drug-likeness (QED) is 0.0287. The monoisotopic (exact) mass is 1190 g/mol. The summed E-state index contributed by atoms with van der Waals surface area (Å²) in [5.74, 6) is -2.89. The minimum Gasteiger partial charge on any atom is -0.872 e. The molecule has 1 amide bonds. The number of amides is 1. The normalized spacial score (nSPS) is 15.4. The van der Waals surface area contributed by atoms with Gasteiger partial charge in [-0.3, -0.25) is 19.2 Å². The Hall–Kier alpha value is -10.0. The average molecular weight is 1190 g/mol. The van der Waals surface area contributed by atoms with Gasteiger partial charge in [0.25, 0.3) is 0 Å². The summed E-state index contributed by atoms with van der Waals surface area (Å²) < 4.78 is 20.7. The molecule has 87 heavy (non-hydrogen) atoms. The number of cyclic esters (lactones) is 2. The van der Waals surface area contributed by atoms with Crippen molar-refractivity contribution in [2.75, 3.05) is 0 Å². The molecular weight excluding hydrogens is 1120 g/mol. The second kappa shape index (κ2) is 31.2. The van der Waals surface area contributed by atoms with Crippen LogP contribution in [0.15, 0.2) is 140 Å². The topological polar surface area (TPSA) is 362 Å². The molecule has 2 fully saturated rings. The molecule has 21 nitrogen and oxygen atoms in total. The van der Waals surface area contributed by atoms with Crippen LogP contribution in [0.4, 0.5) is 0 Å². The number of Topliss-reactive ketones (excluding diaryl/α,β-unsaturated/α-hetero) is 2. The molecule has 4 aliphatic heterocycles. The van der Waals surface area contributed by atoms with Crippen molar-refractivity contribution < 1.29 is 87.9 Å². The first kappa shape index (κ1) is 66.1. The lowest BCUT2D eigenvalue weighted by Crippen LogP contribution is -2.76. The first-order chi connectivity index (χ1) is 41.4. The molecule has 4 atom stereocenters. The number of aliphatic carboxylic acids is 1. The molecule has 4 unspecified atom stereocenters. The summed E-state index contributed by atoms with van der Waals surface area (Å²) in [7, 11) is 0.